The van der Waals surface area contributed by atoms with Gasteiger partial charge in [0.05, 0.1) is 50.3 Å². The van der Waals surface area contributed by atoms with Gasteiger partial charge in [0.25, 0.3) is 0 Å². The number of anilines is 4. The average Bonchev–Trinajstić information content (AvgIpc) is 3.96. The number of rotatable bonds is 20. The Bertz CT molecular complexity index is 2610. The van der Waals surface area contributed by atoms with E-state index in [2.05, 4.69) is 102 Å². The molecule has 0 spiro atoms. The summed E-state index contributed by atoms with van der Waals surface area (Å²) >= 11 is 0. The van der Waals surface area contributed by atoms with E-state index in [0.717, 1.165) is 154 Å². The monoisotopic (exact) mass is 953 g/mol. The van der Waals surface area contributed by atoms with Gasteiger partial charge in [-0.1, -0.05) is 46.2 Å². The molecule has 376 valence electrons. The highest BCUT2D eigenvalue weighted by atomic mass is 16.6. The Balaban J connectivity index is 0.000000225. The summed E-state index contributed by atoms with van der Waals surface area (Å²) in [5.74, 6) is -0.0703. The normalized spacial score (nSPS) is 14.9. The molecule has 2 aliphatic rings. The second kappa shape index (κ2) is 24.6. The van der Waals surface area contributed by atoms with Crippen molar-refractivity contribution in [3.05, 3.63) is 48.8 Å². The largest absolute Gasteiger partial charge is 0.481 e. The molecule has 69 heavy (non-hydrogen) atoms. The summed E-state index contributed by atoms with van der Waals surface area (Å²) in [6, 6.07) is 12.9. The zero-order chi connectivity index (χ0) is 48.2. The predicted octanol–water partition coefficient (Wildman–Crippen LogP) is 7.05. The molecule has 2 aliphatic heterocycles. The molecule has 2 aromatic carbocycles. The number of benzene rings is 2. The molecule has 0 aliphatic carbocycles. The molecular weight excluding hydrogens is 877 g/mol. The van der Waals surface area contributed by atoms with Crippen LogP contribution in [0.15, 0.2) is 48.8 Å². The van der Waals surface area contributed by atoms with Gasteiger partial charge in [0, 0.05) is 124 Å². The number of hydrogen-bond acceptors (Lipinski definition) is 15. The summed E-state index contributed by atoms with van der Waals surface area (Å²) in [5, 5.41) is 22.2. The molecule has 2 saturated heterocycles. The van der Waals surface area contributed by atoms with Crippen molar-refractivity contribution < 1.29 is 28.9 Å². The molecule has 2 fully saturated rings. The highest BCUT2D eigenvalue weighted by molar-refractivity contribution is 6.09. The first kappa shape index (κ1) is 52.5. The molecule has 18 nitrogen and oxygen atoms in total. The molecule has 5 N–H and O–H groups in total. The number of carboxylic acids is 1. The summed E-state index contributed by atoms with van der Waals surface area (Å²) in [4.78, 5) is 41.1. The molecule has 0 unspecified atom stereocenters. The van der Waals surface area contributed by atoms with E-state index in [-0.39, 0.29) is 32.8 Å². The molecule has 18 heteroatoms. The predicted molar refractivity (Wildman–Crippen MR) is 277 cm³/mol. The Morgan fingerprint density at radius 3 is 1.46 bits per heavy atom. The smallest absolute Gasteiger partial charge is 0.308 e. The number of aryl methyl sites for hydroxylation is 2. The minimum absolute atomic E-state index is 0. The standard InChI is InChI=1S/C27H40N6O3.C23H32N6O3.CH4/c1-5-6-10-33-19-22-21-8-7-20(18-23(21)29-26(28)25(22)30-33)32-13-11-31(12-14-32)15-17-35-16-9-24(34)36-27(2,3)4;1-2-3-7-29-16-19-18-5-4-17(15-20(18)25-23(24)22(19)26-29)28-10-8-27(9-11-28)12-14-32-13-6-21(30)31;/h7-8,18-19H,5-6,9-17H2,1-4H3,(H2,28,29);4-5,15-16H,2-3,6-14H2,1H3,(H2,24,25)(H,30,31);1H4. The number of hydrogen-bond donors (Lipinski definition) is 3. The van der Waals surface area contributed by atoms with Crippen molar-refractivity contribution in [1.29, 1.82) is 0 Å². The summed E-state index contributed by atoms with van der Waals surface area (Å²) < 4.78 is 20.4. The topological polar surface area (TPSA) is 208 Å². The number of aromatic nitrogens is 6. The fourth-order valence-electron chi connectivity index (χ4n) is 8.68. The van der Waals surface area contributed by atoms with Gasteiger partial charge in [-0.3, -0.25) is 28.8 Å². The number of pyridine rings is 2. The second-order valence-electron chi connectivity index (χ2n) is 18.8. The van der Waals surface area contributed by atoms with Gasteiger partial charge < -0.3 is 40.6 Å². The lowest BCUT2D eigenvalue weighted by Gasteiger charge is -2.36. The van der Waals surface area contributed by atoms with Crippen LogP contribution < -0.4 is 21.3 Å². The summed E-state index contributed by atoms with van der Waals surface area (Å²) in [6.07, 6.45) is 8.96. The van der Waals surface area contributed by atoms with E-state index in [4.69, 9.17) is 30.8 Å². The second-order valence-corrected chi connectivity index (χ2v) is 18.8. The number of carbonyl (C=O) groups excluding carboxylic acids is 1. The van der Waals surface area contributed by atoms with Crippen LogP contribution in [-0.4, -0.2) is 154 Å². The number of nitrogens with two attached hydrogens (primary N) is 2. The fourth-order valence-corrected chi connectivity index (χ4v) is 8.68. The van der Waals surface area contributed by atoms with Crippen LogP contribution in [0.5, 0.6) is 0 Å². The number of nitrogens with zero attached hydrogens (tertiary/aromatic N) is 10. The van der Waals surface area contributed by atoms with Crippen molar-refractivity contribution in [2.75, 3.05) is 113 Å². The van der Waals surface area contributed by atoms with E-state index in [1.807, 2.05) is 30.1 Å². The van der Waals surface area contributed by atoms with E-state index in [1.165, 1.54) is 5.69 Å². The quantitative estimate of drug-likeness (QED) is 0.0517. The maximum Gasteiger partial charge on any atom is 0.308 e. The lowest BCUT2D eigenvalue weighted by molar-refractivity contribution is -0.156. The third-order valence-corrected chi connectivity index (χ3v) is 12.4. The first-order valence-electron chi connectivity index (χ1n) is 24.4. The number of unbranched alkanes of at least 4 members (excludes halogenated alkanes) is 2. The van der Waals surface area contributed by atoms with Crippen LogP contribution in [0.2, 0.25) is 0 Å². The van der Waals surface area contributed by atoms with Crippen LogP contribution in [-0.2, 0) is 36.9 Å². The molecule has 6 aromatic rings. The Labute approximate surface area is 406 Å². The maximum atomic E-state index is 11.8. The molecule has 4 aromatic heterocycles. The molecule has 0 saturated carbocycles. The highest BCUT2D eigenvalue weighted by Gasteiger charge is 2.21. The molecular formula is C51H76N12O6. The van der Waals surface area contributed by atoms with E-state index in [1.54, 1.807) is 0 Å². The van der Waals surface area contributed by atoms with Gasteiger partial charge in [-0.05, 0) is 57.9 Å². The Morgan fingerprint density at radius 2 is 1.06 bits per heavy atom. The highest BCUT2D eigenvalue weighted by Crippen LogP contribution is 2.32. The van der Waals surface area contributed by atoms with Crippen LogP contribution in [0.3, 0.4) is 0 Å². The number of fused-ring (bicyclic) bond motifs is 6. The molecule has 8 rings (SSSR count). The van der Waals surface area contributed by atoms with Gasteiger partial charge in [0.2, 0.25) is 0 Å². The van der Waals surface area contributed by atoms with E-state index in [9.17, 15) is 9.59 Å². The van der Waals surface area contributed by atoms with Gasteiger partial charge in [-0.15, -0.1) is 0 Å². The molecule has 0 radical (unpaired) electrons. The van der Waals surface area contributed by atoms with Crippen molar-refractivity contribution in [3.63, 3.8) is 0 Å². The van der Waals surface area contributed by atoms with Crippen LogP contribution in [0, 0.1) is 0 Å². The third-order valence-electron chi connectivity index (χ3n) is 12.4. The zero-order valence-electron chi connectivity index (χ0n) is 40.8. The molecule has 0 atom stereocenters. The van der Waals surface area contributed by atoms with Gasteiger partial charge in [-0.2, -0.15) is 10.2 Å². The molecule has 0 amide bonds. The number of aliphatic carboxylic acids is 1. The maximum absolute atomic E-state index is 11.8. The minimum atomic E-state index is -0.823. The van der Waals surface area contributed by atoms with Crippen molar-refractivity contribution in [2.45, 2.75) is 99.3 Å². The van der Waals surface area contributed by atoms with Gasteiger partial charge in [-0.25, -0.2) is 9.97 Å². The van der Waals surface area contributed by atoms with Crippen LogP contribution >= 0.6 is 0 Å². The minimum Gasteiger partial charge on any atom is -0.481 e. The number of carboxylic acid groups (broad SMARTS) is 1. The van der Waals surface area contributed by atoms with E-state index in [0.29, 0.717) is 31.5 Å². The zero-order valence-corrected chi connectivity index (χ0v) is 40.8. The SMILES string of the molecule is C.CCCCn1cc2c(n1)c(N)nc1cc(N3CCN(CCOCCC(=O)O)CC3)ccc12.CCCCn1cc2c(n1)c(N)nc1cc(N3CCN(CCOCCC(=O)OC(C)(C)C)CC3)ccc12. The number of ether oxygens (including phenoxy) is 3. The molecule has 0 bridgehead atoms. The first-order chi connectivity index (χ1) is 32.8. The van der Waals surface area contributed by atoms with E-state index >= 15 is 0 Å². The summed E-state index contributed by atoms with van der Waals surface area (Å²) in [6.45, 7) is 22.8. The Hall–Kier alpha value is -5.82. The van der Waals surface area contributed by atoms with Crippen molar-refractivity contribution in [1.82, 2.24) is 39.3 Å². The number of carbonyl (C=O) groups is 2. The lowest BCUT2D eigenvalue weighted by atomic mass is 10.1. The fraction of sp³-hybridized carbons (Fsp3) is 0.569. The summed E-state index contributed by atoms with van der Waals surface area (Å²) in [7, 11) is 0. The third kappa shape index (κ3) is 14.4. The van der Waals surface area contributed by atoms with Gasteiger partial charge in [0.1, 0.15) is 16.6 Å². The van der Waals surface area contributed by atoms with Crippen LogP contribution in [0.1, 0.15) is 80.6 Å². The molecule has 6 heterocycles. The van der Waals surface area contributed by atoms with Crippen molar-refractivity contribution in [3.8, 4) is 0 Å². The summed E-state index contributed by atoms with van der Waals surface area (Å²) in [5.41, 5.74) is 17.8. The van der Waals surface area contributed by atoms with Gasteiger partial charge in [0.15, 0.2) is 11.6 Å². The lowest BCUT2D eigenvalue weighted by Crippen LogP contribution is -2.47. The number of esters is 1. The van der Waals surface area contributed by atoms with Crippen molar-refractivity contribution in [2.24, 2.45) is 0 Å². The Morgan fingerprint density at radius 1 is 0.623 bits per heavy atom. The number of piperazine rings is 2. The van der Waals surface area contributed by atoms with E-state index < -0.39 is 11.6 Å². The Kier molecular flexibility index (Phi) is 18.8. The van der Waals surface area contributed by atoms with Gasteiger partial charge >= 0.3 is 11.9 Å². The average molecular weight is 953 g/mol. The number of nitrogen functional groups attached to an aromatic ring is 2. The van der Waals surface area contributed by atoms with Crippen LogP contribution in [0.4, 0.5) is 23.0 Å². The van der Waals surface area contributed by atoms with Crippen molar-refractivity contribution >= 4 is 78.6 Å². The van der Waals surface area contributed by atoms with Crippen LogP contribution in [0.25, 0.3) is 43.6 Å². The first-order valence-corrected chi connectivity index (χ1v) is 24.4.